The second-order valence-electron chi connectivity index (χ2n) is 10.3. The molecule has 0 bridgehead atoms. The monoisotopic (exact) mass is 580 g/mol. The lowest BCUT2D eigenvalue weighted by Crippen LogP contribution is -2.61. The Hall–Kier alpha value is -3.47. The highest BCUT2D eigenvalue weighted by Crippen LogP contribution is 2.27. The van der Waals surface area contributed by atoms with Crippen LogP contribution in [-0.4, -0.2) is 81.8 Å². The quantitative estimate of drug-likeness (QED) is 0.287. The lowest BCUT2D eigenvalue weighted by Gasteiger charge is -2.39. The zero-order valence-corrected chi connectivity index (χ0v) is 24.3. The normalized spacial score (nSPS) is 16.6. The van der Waals surface area contributed by atoms with Crippen LogP contribution in [0.4, 0.5) is 4.39 Å². The van der Waals surface area contributed by atoms with Crippen molar-refractivity contribution in [2.75, 3.05) is 44.9 Å². The van der Waals surface area contributed by atoms with Crippen LogP contribution >= 0.6 is 11.8 Å². The van der Waals surface area contributed by atoms with Crippen LogP contribution in [0.25, 0.3) is 11.6 Å². The average molecular weight is 581 g/mol. The van der Waals surface area contributed by atoms with Crippen LogP contribution in [0.3, 0.4) is 0 Å². The molecule has 1 aliphatic rings. The molecular formula is C31H37FN4O4S. The number of imidazole rings is 1. The number of carbonyl (C=O) groups excluding carboxylic acids is 1. The summed E-state index contributed by atoms with van der Waals surface area (Å²) in [6.07, 6.45) is 9.43. The van der Waals surface area contributed by atoms with E-state index < -0.39 is 17.4 Å². The first-order chi connectivity index (χ1) is 19.8. The average Bonchev–Trinajstić information content (AvgIpc) is 3.49. The van der Waals surface area contributed by atoms with E-state index in [2.05, 4.69) is 15.2 Å². The van der Waals surface area contributed by atoms with Gasteiger partial charge in [-0.05, 0) is 65.5 Å². The van der Waals surface area contributed by atoms with Gasteiger partial charge in [-0.2, -0.15) is 11.8 Å². The summed E-state index contributed by atoms with van der Waals surface area (Å²) >= 11 is 1.56. The zero-order valence-electron chi connectivity index (χ0n) is 23.5. The van der Waals surface area contributed by atoms with Crippen molar-refractivity contribution in [3.63, 3.8) is 0 Å². The molecule has 2 atom stereocenters. The summed E-state index contributed by atoms with van der Waals surface area (Å²) in [6, 6.07) is 13.4. The molecule has 4 rings (SSSR count). The number of nitrogens with one attached hydrogen (secondary N) is 1. The van der Waals surface area contributed by atoms with E-state index in [1.54, 1.807) is 54.6 Å². The minimum atomic E-state index is -1.43. The van der Waals surface area contributed by atoms with Gasteiger partial charge in [0.15, 0.2) is 0 Å². The number of carboxylic acids is 1. The Morgan fingerprint density at radius 2 is 1.95 bits per heavy atom. The molecule has 2 heterocycles. The number of carbonyl (C=O) groups is 2. The molecule has 218 valence electrons. The topological polar surface area (TPSA) is 96.7 Å². The number of hydrogen-bond acceptors (Lipinski definition) is 6. The number of aromatic nitrogens is 2. The number of allylic oxidation sites excluding steroid dienone is 1. The number of morpholine rings is 1. The Bertz CT molecular complexity index is 1330. The molecule has 1 fully saturated rings. The maximum atomic E-state index is 13.6. The number of carboxylic acid groups (broad SMARTS) is 1. The molecule has 0 aliphatic carbocycles. The number of nitrogens with zero attached hydrogens (tertiary/aromatic N) is 3. The van der Waals surface area contributed by atoms with Gasteiger partial charge in [0.25, 0.3) is 5.91 Å². The van der Waals surface area contributed by atoms with E-state index in [1.807, 2.05) is 36.1 Å². The fraction of sp³-hybridized carbons (Fsp3) is 0.387. The molecule has 0 radical (unpaired) electrons. The van der Waals surface area contributed by atoms with Gasteiger partial charge in [-0.1, -0.05) is 31.2 Å². The largest absolute Gasteiger partial charge is 0.479 e. The zero-order chi connectivity index (χ0) is 29.2. The highest BCUT2D eigenvalue weighted by atomic mass is 32.2. The fourth-order valence-corrected chi connectivity index (χ4v) is 5.63. The number of hydrogen-bond donors (Lipinski definition) is 2. The van der Waals surface area contributed by atoms with Gasteiger partial charge in [0, 0.05) is 50.1 Å². The number of halogens is 1. The number of rotatable bonds is 13. The predicted molar refractivity (Wildman–Crippen MR) is 160 cm³/mol. The maximum absolute atomic E-state index is 13.6. The molecule has 1 amide bonds. The SMILES string of the molecule is CSCC[C@@](NC(=O)c1cccc(C=C(Cn2ccnc2)c2ccc(F)cc2)c1)(C(=O)O)C(C)CN1CCOCC1. The molecule has 10 heteroatoms. The van der Waals surface area contributed by atoms with Crippen molar-refractivity contribution < 1.29 is 23.8 Å². The van der Waals surface area contributed by atoms with Crippen LogP contribution in [-0.2, 0) is 16.1 Å². The highest BCUT2D eigenvalue weighted by molar-refractivity contribution is 7.98. The number of ether oxygens (including phenoxy) is 1. The third kappa shape index (κ3) is 8.06. The minimum Gasteiger partial charge on any atom is -0.479 e. The highest BCUT2D eigenvalue weighted by Gasteiger charge is 2.45. The molecule has 41 heavy (non-hydrogen) atoms. The van der Waals surface area contributed by atoms with Gasteiger partial charge in [-0.25, -0.2) is 14.2 Å². The summed E-state index contributed by atoms with van der Waals surface area (Å²) in [5.74, 6) is -1.53. The molecule has 0 spiro atoms. The van der Waals surface area contributed by atoms with Crippen LogP contribution in [0.15, 0.2) is 67.3 Å². The summed E-state index contributed by atoms with van der Waals surface area (Å²) in [5.41, 5.74) is 1.45. The summed E-state index contributed by atoms with van der Waals surface area (Å²) in [4.78, 5) is 32.8. The van der Waals surface area contributed by atoms with E-state index in [0.29, 0.717) is 44.0 Å². The maximum Gasteiger partial charge on any atom is 0.329 e. The van der Waals surface area contributed by atoms with E-state index in [4.69, 9.17) is 4.74 Å². The predicted octanol–water partition coefficient (Wildman–Crippen LogP) is 4.54. The third-order valence-electron chi connectivity index (χ3n) is 7.51. The van der Waals surface area contributed by atoms with E-state index in [9.17, 15) is 19.1 Å². The number of aliphatic carboxylic acids is 1. The summed E-state index contributed by atoms with van der Waals surface area (Å²) in [7, 11) is 0. The van der Waals surface area contributed by atoms with Crippen molar-refractivity contribution >= 4 is 35.3 Å². The van der Waals surface area contributed by atoms with Crippen LogP contribution in [0.5, 0.6) is 0 Å². The summed E-state index contributed by atoms with van der Waals surface area (Å²) in [6.45, 7) is 5.64. The van der Waals surface area contributed by atoms with Gasteiger partial charge in [0.05, 0.1) is 19.5 Å². The van der Waals surface area contributed by atoms with Gasteiger partial charge in [-0.3, -0.25) is 9.69 Å². The molecule has 2 N–H and O–H groups in total. The van der Waals surface area contributed by atoms with Crippen LogP contribution in [0.2, 0.25) is 0 Å². The third-order valence-corrected chi connectivity index (χ3v) is 8.12. The Kier molecular flexibility index (Phi) is 10.7. The van der Waals surface area contributed by atoms with Gasteiger partial charge < -0.3 is 19.7 Å². The second kappa shape index (κ2) is 14.4. The van der Waals surface area contributed by atoms with E-state index >= 15 is 0 Å². The Labute approximate surface area is 244 Å². The molecule has 8 nitrogen and oxygen atoms in total. The van der Waals surface area contributed by atoms with Gasteiger partial charge in [0.2, 0.25) is 0 Å². The van der Waals surface area contributed by atoms with Gasteiger partial charge >= 0.3 is 5.97 Å². The Morgan fingerprint density at radius 3 is 2.61 bits per heavy atom. The van der Waals surface area contributed by atoms with Crippen LogP contribution in [0.1, 0.15) is 34.8 Å². The Morgan fingerprint density at radius 1 is 1.20 bits per heavy atom. The number of amides is 1. The van der Waals surface area contributed by atoms with Crippen LogP contribution < -0.4 is 5.32 Å². The summed E-state index contributed by atoms with van der Waals surface area (Å²) in [5, 5.41) is 13.4. The first kappa shape index (κ1) is 30.5. The molecule has 1 saturated heterocycles. The van der Waals surface area contributed by atoms with Crippen molar-refractivity contribution in [3.05, 3.63) is 89.8 Å². The van der Waals surface area contributed by atoms with Crippen molar-refractivity contribution in [1.29, 1.82) is 0 Å². The van der Waals surface area contributed by atoms with E-state index in [1.165, 1.54) is 12.1 Å². The lowest BCUT2D eigenvalue weighted by molar-refractivity contribution is -0.147. The van der Waals surface area contributed by atoms with Crippen molar-refractivity contribution in [1.82, 2.24) is 19.8 Å². The van der Waals surface area contributed by atoms with Crippen molar-refractivity contribution in [2.45, 2.75) is 25.4 Å². The van der Waals surface area contributed by atoms with Crippen molar-refractivity contribution in [3.8, 4) is 0 Å². The van der Waals surface area contributed by atoms with Gasteiger partial charge in [0.1, 0.15) is 11.4 Å². The molecule has 2 aromatic carbocycles. The molecular weight excluding hydrogens is 543 g/mol. The fourth-order valence-electron chi connectivity index (χ4n) is 5.10. The second-order valence-corrected chi connectivity index (χ2v) is 11.3. The first-order valence-corrected chi connectivity index (χ1v) is 15.1. The van der Waals surface area contributed by atoms with E-state index in [0.717, 1.165) is 29.8 Å². The van der Waals surface area contributed by atoms with E-state index in [-0.39, 0.29) is 11.7 Å². The Balaban J connectivity index is 1.61. The number of benzene rings is 2. The number of thioether (sulfide) groups is 1. The standard InChI is InChI=1S/C31H37FN4O4S/c1-23(20-35-13-15-40-16-14-35)31(30(38)39,10-17-41-2)34-29(37)26-5-3-4-24(18-26)19-27(21-36-12-11-33-22-36)25-6-8-28(32)9-7-25/h3-9,11-12,18-19,22-23H,10,13-17,20-21H2,1-2H3,(H,34,37)(H,38,39)/t23?,31-/m0/s1. The lowest BCUT2D eigenvalue weighted by atomic mass is 9.81. The molecule has 1 aromatic heterocycles. The molecule has 1 aliphatic heterocycles. The molecule has 1 unspecified atom stereocenters. The van der Waals surface area contributed by atoms with Gasteiger partial charge in [-0.15, -0.1) is 0 Å². The molecule has 3 aromatic rings. The first-order valence-electron chi connectivity index (χ1n) is 13.7. The minimum absolute atomic E-state index is 0.306. The smallest absolute Gasteiger partial charge is 0.329 e. The van der Waals surface area contributed by atoms with Crippen molar-refractivity contribution in [2.24, 2.45) is 5.92 Å². The van der Waals surface area contributed by atoms with Crippen LogP contribution in [0, 0.1) is 11.7 Å². The molecule has 0 saturated carbocycles. The summed E-state index contributed by atoms with van der Waals surface area (Å²) < 4.78 is 21.0.